The van der Waals surface area contributed by atoms with Crippen molar-refractivity contribution in [3.8, 4) is 0 Å². The Balaban J connectivity index is 1.92. The second kappa shape index (κ2) is 5.69. The van der Waals surface area contributed by atoms with E-state index in [9.17, 15) is 22.0 Å². The largest absolute Gasteiger partial charge is 0.453 e. The van der Waals surface area contributed by atoms with Gasteiger partial charge in [-0.3, -0.25) is 0 Å². The fraction of sp³-hybridized carbons (Fsp3) is 0.214. The number of rotatable bonds is 3. The number of nitrogens with one attached hydrogen (secondary N) is 1. The van der Waals surface area contributed by atoms with Crippen molar-refractivity contribution in [3.05, 3.63) is 53.4 Å². The molecule has 2 heterocycles. The van der Waals surface area contributed by atoms with Gasteiger partial charge in [0.1, 0.15) is 17.5 Å². The summed E-state index contributed by atoms with van der Waals surface area (Å²) in [6, 6.07) is 5.09. The van der Waals surface area contributed by atoms with Gasteiger partial charge in [0, 0.05) is 6.07 Å². The number of benzene rings is 1. The minimum absolute atomic E-state index is 0.0719. The van der Waals surface area contributed by atoms with E-state index in [4.69, 9.17) is 0 Å². The summed E-state index contributed by atoms with van der Waals surface area (Å²) in [4.78, 5) is 0. The molecule has 3 aromatic rings. The Hall–Kier alpha value is -2.78. The third-order valence-electron chi connectivity index (χ3n) is 3.27. The minimum Gasteiger partial charge on any atom is -0.362 e. The summed E-state index contributed by atoms with van der Waals surface area (Å²) in [5, 5.41) is 13.0. The topological polar surface area (TPSA) is 55.1 Å². The Bertz CT molecular complexity index is 869. The molecule has 0 unspecified atom stereocenters. The lowest BCUT2D eigenvalue weighted by atomic mass is 10.1. The molecule has 5 nitrogen and oxygen atoms in total. The third-order valence-corrected chi connectivity index (χ3v) is 3.27. The Morgan fingerprint density at radius 1 is 1.04 bits per heavy atom. The average molecular weight is 343 g/mol. The first-order chi connectivity index (χ1) is 11.2. The first kappa shape index (κ1) is 16.1. The zero-order valence-electron chi connectivity index (χ0n) is 12.1. The molecule has 126 valence electrons. The summed E-state index contributed by atoms with van der Waals surface area (Å²) in [6.45, 7) is 1.59. The van der Waals surface area contributed by atoms with Crippen LogP contribution in [0.4, 0.5) is 27.8 Å². The molecule has 2 aromatic heterocycles. The van der Waals surface area contributed by atoms with Gasteiger partial charge >= 0.3 is 6.18 Å². The maximum absolute atomic E-state index is 13.2. The van der Waals surface area contributed by atoms with Crippen molar-refractivity contribution in [3.63, 3.8) is 0 Å². The Morgan fingerprint density at radius 2 is 1.71 bits per heavy atom. The summed E-state index contributed by atoms with van der Waals surface area (Å²) in [7, 11) is 0. The summed E-state index contributed by atoms with van der Waals surface area (Å²) >= 11 is 0. The van der Waals surface area contributed by atoms with Crippen molar-refractivity contribution in [2.24, 2.45) is 0 Å². The highest BCUT2D eigenvalue weighted by Crippen LogP contribution is 2.28. The summed E-state index contributed by atoms with van der Waals surface area (Å²) < 4.78 is 65.6. The molecule has 24 heavy (non-hydrogen) atoms. The molecule has 0 aliphatic heterocycles. The monoisotopic (exact) mass is 343 g/mol. The van der Waals surface area contributed by atoms with Gasteiger partial charge in [-0.15, -0.1) is 15.3 Å². The van der Waals surface area contributed by atoms with Gasteiger partial charge in [-0.25, -0.2) is 8.78 Å². The molecular weight excluding hydrogens is 333 g/mol. The van der Waals surface area contributed by atoms with Gasteiger partial charge in [-0.05, 0) is 36.8 Å². The highest BCUT2D eigenvalue weighted by Gasteiger charge is 2.37. The minimum atomic E-state index is -4.71. The van der Waals surface area contributed by atoms with E-state index in [1.54, 1.807) is 6.92 Å². The predicted octanol–water partition coefficient (Wildman–Crippen LogP) is 3.59. The number of halogens is 5. The lowest BCUT2D eigenvalue weighted by Gasteiger charge is -2.15. The first-order valence-electron chi connectivity index (χ1n) is 6.76. The third kappa shape index (κ3) is 3.12. The number of fused-ring (bicyclic) bond motifs is 1. The summed E-state index contributed by atoms with van der Waals surface area (Å²) in [5.74, 6) is -2.68. The van der Waals surface area contributed by atoms with Gasteiger partial charge < -0.3 is 5.32 Å². The highest BCUT2D eigenvalue weighted by atomic mass is 19.4. The SMILES string of the molecule is C[C@@H](Nc1ccc2nnc(C(F)(F)F)n2n1)c1cc(F)cc(F)c1. The fourth-order valence-corrected chi connectivity index (χ4v) is 2.17. The number of hydrogen-bond donors (Lipinski definition) is 1. The van der Waals surface area contributed by atoms with Crippen LogP contribution in [0.5, 0.6) is 0 Å². The van der Waals surface area contributed by atoms with Crippen LogP contribution in [0.3, 0.4) is 0 Å². The number of alkyl halides is 3. The van der Waals surface area contributed by atoms with Crippen LogP contribution in [0.25, 0.3) is 5.65 Å². The van der Waals surface area contributed by atoms with Crippen LogP contribution in [-0.2, 0) is 6.18 Å². The van der Waals surface area contributed by atoms with Crippen molar-refractivity contribution >= 4 is 11.5 Å². The van der Waals surface area contributed by atoms with E-state index in [0.717, 1.165) is 18.2 Å². The van der Waals surface area contributed by atoms with Crippen LogP contribution in [0.2, 0.25) is 0 Å². The molecule has 0 amide bonds. The summed E-state index contributed by atoms with van der Waals surface area (Å²) in [6.07, 6.45) is -4.71. The van der Waals surface area contributed by atoms with Crippen molar-refractivity contribution in [2.75, 3.05) is 5.32 Å². The van der Waals surface area contributed by atoms with Crippen LogP contribution in [-0.4, -0.2) is 19.8 Å². The molecule has 0 bridgehead atoms. The second-order valence-electron chi connectivity index (χ2n) is 5.08. The van der Waals surface area contributed by atoms with Gasteiger partial charge in [0.15, 0.2) is 5.65 Å². The van der Waals surface area contributed by atoms with E-state index < -0.39 is 29.7 Å². The van der Waals surface area contributed by atoms with E-state index >= 15 is 0 Å². The highest BCUT2D eigenvalue weighted by molar-refractivity contribution is 5.45. The molecule has 1 N–H and O–H groups in total. The van der Waals surface area contributed by atoms with Gasteiger partial charge in [0.05, 0.1) is 6.04 Å². The van der Waals surface area contributed by atoms with E-state index in [2.05, 4.69) is 20.6 Å². The number of aromatic nitrogens is 4. The molecule has 10 heteroatoms. The maximum atomic E-state index is 13.2. The molecule has 0 fully saturated rings. The van der Waals surface area contributed by atoms with Crippen LogP contribution >= 0.6 is 0 Å². The van der Waals surface area contributed by atoms with Crippen molar-refractivity contribution < 1.29 is 22.0 Å². The number of hydrogen-bond acceptors (Lipinski definition) is 4. The van der Waals surface area contributed by atoms with Crippen molar-refractivity contribution in [2.45, 2.75) is 19.1 Å². The van der Waals surface area contributed by atoms with Crippen LogP contribution in [0, 0.1) is 11.6 Å². The van der Waals surface area contributed by atoms with Crippen LogP contribution in [0.15, 0.2) is 30.3 Å². The zero-order chi connectivity index (χ0) is 17.5. The quantitative estimate of drug-likeness (QED) is 0.739. The maximum Gasteiger partial charge on any atom is 0.453 e. The molecule has 0 aliphatic rings. The standard InChI is InChI=1S/C14H10F5N5/c1-7(8-4-9(15)6-10(16)5-8)20-11-2-3-12-21-22-13(14(17,18)19)24(12)23-11/h2-7H,1H3,(H,20,23)/t7-/m1/s1. The Morgan fingerprint density at radius 3 is 2.33 bits per heavy atom. The molecular formula is C14H10F5N5. The van der Waals surface area contributed by atoms with Gasteiger partial charge in [-0.2, -0.15) is 17.7 Å². The van der Waals surface area contributed by atoms with Crippen molar-refractivity contribution in [1.82, 2.24) is 19.8 Å². The number of anilines is 1. The van der Waals surface area contributed by atoms with E-state index in [1.165, 1.54) is 12.1 Å². The fourth-order valence-electron chi connectivity index (χ4n) is 2.17. The van der Waals surface area contributed by atoms with Crippen LogP contribution < -0.4 is 5.32 Å². The smallest absolute Gasteiger partial charge is 0.362 e. The molecule has 0 aliphatic carbocycles. The molecule has 0 spiro atoms. The van der Waals surface area contributed by atoms with Gasteiger partial charge in [0.2, 0.25) is 0 Å². The van der Waals surface area contributed by atoms with Crippen molar-refractivity contribution in [1.29, 1.82) is 0 Å². The van der Waals surface area contributed by atoms with Gasteiger partial charge in [0.25, 0.3) is 5.82 Å². The lowest BCUT2D eigenvalue weighted by molar-refractivity contribution is -0.146. The van der Waals surface area contributed by atoms with E-state index in [0.29, 0.717) is 4.52 Å². The molecule has 1 aromatic carbocycles. The molecule has 0 radical (unpaired) electrons. The first-order valence-corrected chi connectivity index (χ1v) is 6.76. The zero-order valence-corrected chi connectivity index (χ0v) is 12.1. The Kier molecular flexibility index (Phi) is 3.82. The average Bonchev–Trinajstić information content (AvgIpc) is 2.89. The second-order valence-corrected chi connectivity index (χ2v) is 5.08. The normalized spacial score (nSPS) is 13.2. The predicted molar refractivity (Wildman–Crippen MR) is 74.2 cm³/mol. The number of nitrogens with zero attached hydrogens (tertiary/aromatic N) is 4. The lowest BCUT2D eigenvalue weighted by Crippen LogP contribution is -2.14. The summed E-state index contributed by atoms with van der Waals surface area (Å²) in [5.41, 5.74) is 0.214. The van der Waals surface area contributed by atoms with E-state index in [-0.39, 0.29) is 17.0 Å². The molecule has 0 saturated carbocycles. The van der Waals surface area contributed by atoms with Gasteiger partial charge in [-0.1, -0.05) is 0 Å². The van der Waals surface area contributed by atoms with E-state index in [1.807, 2.05) is 0 Å². The molecule has 1 atom stereocenters. The Labute approximate surface area is 132 Å². The van der Waals surface area contributed by atoms with Crippen LogP contribution in [0.1, 0.15) is 24.4 Å². The molecule has 0 saturated heterocycles. The molecule has 3 rings (SSSR count).